The van der Waals surface area contributed by atoms with Crippen molar-refractivity contribution in [1.29, 1.82) is 0 Å². The highest BCUT2D eigenvalue weighted by Crippen LogP contribution is 2.27. The molecule has 0 saturated carbocycles. The van der Waals surface area contributed by atoms with Crippen molar-refractivity contribution < 1.29 is 13.2 Å². The van der Waals surface area contributed by atoms with Gasteiger partial charge in [-0.05, 0) is 31.5 Å². The van der Waals surface area contributed by atoms with E-state index >= 15 is 0 Å². The fourth-order valence-electron chi connectivity index (χ4n) is 3.09. The van der Waals surface area contributed by atoms with Gasteiger partial charge < -0.3 is 15.4 Å². The molecule has 10 heteroatoms. The molecule has 0 aliphatic carbocycles. The number of amidine groups is 1. The smallest absolute Gasteiger partial charge is 0.284 e. The third kappa shape index (κ3) is 4.71. The first kappa shape index (κ1) is 22.5. The lowest BCUT2D eigenvalue weighted by Gasteiger charge is -2.33. The number of nitrogens with zero attached hydrogens (tertiary/aromatic N) is 2. The molecule has 4 rings (SSSR count). The topological polar surface area (TPSA) is 92.7 Å². The second-order valence-corrected chi connectivity index (χ2v) is 10.1. The van der Waals surface area contributed by atoms with E-state index < -0.39 is 15.7 Å². The minimum Gasteiger partial charge on any atom is -0.356 e. The van der Waals surface area contributed by atoms with Crippen molar-refractivity contribution in [2.45, 2.75) is 31.1 Å². The van der Waals surface area contributed by atoms with E-state index in [9.17, 15) is 8.42 Å². The molecule has 0 radical (unpaired) electrons. The molecule has 32 heavy (non-hydrogen) atoms. The van der Waals surface area contributed by atoms with Crippen molar-refractivity contribution in [1.82, 2.24) is 15.6 Å². The summed E-state index contributed by atoms with van der Waals surface area (Å²) in [7, 11) is -4.03. The molecule has 3 aromatic rings. The zero-order valence-corrected chi connectivity index (χ0v) is 19.8. The van der Waals surface area contributed by atoms with Gasteiger partial charge in [-0.2, -0.15) is 8.42 Å². The third-order valence-electron chi connectivity index (χ3n) is 4.90. The Bertz CT molecular complexity index is 1290. The van der Waals surface area contributed by atoms with Crippen molar-refractivity contribution in [2.24, 2.45) is 4.40 Å². The number of hydrogen-bond acceptors (Lipinski definition) is 6. The highest BCUT2D eigenvalue weighted by atomic mass is 35.5. The van der Waals surface area contributed by atoms with Crippen LogP contribution in [0.3, 0.4) is 0 Å². The number of aromatic nitrogens is 1. The monoisotopic (exact) mass is 488 g/mol. The summed E-state index contributed by atoms with van der Waals surface area (Å²) in [5, 5.41) is 9.09. The molecule has 7 nitrogen and oxygen atoms in total. The molecular weight excluding hydrogens is 468 g/mol. The summed E-state index contributed by atoms with van der Waals surface area (Å²) in [5.41, 5.74) is 1.00. The van der Waals surface area contributed by atoms with Gasteiger partial charge in [0.05, 0.1) is 17.2 Å². The zero-order valence-electron chi connectivity index (χ0n) is 17.4. The molecule has 1 aliphatic heterocycles. The lowest BCUT2D eigenvalue weighted by molar-refractivity contribution is -0.0112. The average molecular weight is 489 g/mol. The molecule has 1 aliphatic rings. The summed E-state index contributed by atoms with van der Waals surface area (Å²) >= 11 is 7.62. The lowest BCUT2D eigenvalue weighted by Crippen LogP contribution is -2.56. The van der Waals surface area contributed by atoms with Crippen LogP contribution in [-0.2, 0) is 21.4 Å². The maximum Gasteiger partial charge on any atom is 0.284 e. The van der Waals surface area contributed by atoms with E-state index in [4.69, 9.17) is 16.3 Å². The number of sulfonamides is 1. The maximum absolute atomic E-state index is 13.0. The molecule has 1 atom stereocenters. The zero-order chi connectivity index (χ0) is 22.8. The summed E-state index contributed by atoms with van der Waals surface area (Å²) in [6.45, 7) is 3.51. The van der Waals surface area contributed by atoms with Crippen molar-refractivity contribution >= 4 is 38.8 Å². The molecule has 0 saturated heterocycles. The quantitative estimate of drug-likeness (QED) is 0.532. The summed E-state index contributed by atoms with van der Waals surface area (Å²) in [5.74, 6) is 0.109. The van der Waals surface area contributed by atoms with Crippen LogP contribution in [0.1, 0.15) is 18.2 Å². The molecule has 0 spiro atoms. The van der Waals surface area contributed by atoms with Gasteiger partial charge in [0, 0.05) is 28.4 Å². The van der Waals surface area contributed by atoms with Crippen LogP contribution in [0.15, 0.2) is 75.6 Å². The Kier molecular flexibility index (Phi) is 6.34. The Labute approximate surface area is 195 Å². The SMILES string of the molecule is Cc1c(Cl)cccc1S(=O)(=O)N=C1NC=CN[C@@]1(C)OCc1csc(-c2ccccc2)n1. The van der Waals surface area contributed by atoms with Gasteiger partial charge >= 0.3 is 0 Å². The van der Waals surface area contributed by atoms with Gasteiger partial charge in [0.15, 0.2) is 11.6 Å². The molecule has 2 heterocycles. The Hall–Kier alpha value is -2.72. The summed E-state index contributed by atoms with van der Waals surface area (Å²) in [4.78, 5) is 4.66. The van der Waals surface area contributed by atoms with Gasteiger partial charge in [0.25, 0.3) is 10.0 Å². The van der Waals surface area contributed by atoms with E-state index in [1.54, 1.807) is 38.4 Å². The van der Waals surface area contributed by atoms with Crippen molar-refractivity contribution in [3.05, 3.63) is 82.6 Å². The van der Waals surface area contributed by atoms with Crippen LogP contribution in [0.4, 0.5) is 0 Å². The van der Waals surface area contributed by atoms with Gasteiger partial charge in [-0.25, -0.2) is 4.98 Å². The Morgan fingerprint density at radius 1 is 1.16 bits per heavy atom. The molecule has 0 amide bonds. The van der Waals surface area contributed by atoms with E-state index in [0.717, 1.165) is 16.3 Å². The number of halogens is 1. The molecule has 0 bridgehead atoms. The minimum absolute atomic E-state index is 0.0446. The number of rotatable bonds is 6. The van der Waals surface area contributed by atoms with Gasteiger partial charge in [0.2, 0.25) is 0 Å². The minimum atomic E-state index is -4.03. The van der Waals surface area contributed by atoms with Gasteiger partial charge in [-0.3, -0.25) is 0 Å². The van der Waals surface area contributed by atoms with E-state index in [-0.39, 0.29) is 17.3 Å². The molecule has 2 aromatic carbocycles. The van der Waals surface area contributed by atoms with Crippen LogP contribution >= 0.6 is 22.9 Å². The van der Waals surface area contributed by atoms with Crippen LogP contribution in [0, 0.1) is 6.92 Å². The standard InChI is InChI=1S/C22H21ClN4O3S2/c1-15-18(23)9-6-10-19(15)32(28,29)27-21-22(2,25-12-11-24-21)30-13-17-14-31-20(26-17)16-7-4-3-5-8-16/h3-12,14,25H,13H2,1-2H3,(H,24,27)/t22-/m0/s1. The molecule has 0 fully saturated rings. The van der Waals surface area contributed by atoms with Crippen LogP contribution in [-0.4, -0.2) is 25.0 Å². The predicted octanol–water partition coefficient (Wildman–Crippen LogP) is 4.46. The summed E-state index contributed by atoms with van der Waals surface area (Å²) in [6.07, 6.45) is 3.19. The molecule has 166 valence electrons. The van der Waals surface area contributed by atoms with Crippen LogP contribution in [0.5, 0.6) is 0 Å². The van der Waals surface area contributed by atoms with Gasteiger partial charge in [0.1, 0.15) is 5.01 Å². The largest absolute Gasteiger partial charge is 0.356 e. The molecule has 1 aromatic heterocycles. The molecule has 2 N–H and O–H groups in total. The number of ether oxygens (including phenoxy) is 1. The first-order chi connectivity index (χ1) is 15.3. The fraction of sp³-hybridized carbons (Fsp3) is 0.182. The van der Waals surface area contributed by atoms with Gasteiger partial charge in [-0.1, -0.05) is 48.0 Å². The lowest BCUT2D eigenvalue weighted by atomic mass is 10.2. The first-order valence-corrected chi connectivity index (χ1v) is 12.4. The van der Waals surface area contributed by atoms with Gasteiger partial charge in [-0.15, -0.1) is 15.7 Å². The van der Waals surface area contributed by atoms with Crippen LogP contribution < -0.4 is 10.6 Å². The second kappa shape index (κ2) is 9.03. The normalized spacial score (nSPS) is 19.5. The van der Waals surface area contributed by atoms with E-state index in [1.807, 2.05) is 35.7 Å². The number of thiazole rings is 1. The predicted molar refractivity (Wildman–Crippen MR) is 127 cm³/mol. The van der Waals surface area contributed by atoms with E-state index in [2.05, 4.69) is 20.0 Å². The average Bonchev–Trinajstić information content (AvgIpc) is 3.26. The first-order valence-electron chi connectivity index (χ1n) is 9.72. The Morgan fingerprint density at radius 3 is 2.72 bits per heavy atom. The van der Waals surface area contributed by atoms with Crippen molar-refractivity contribution in [3.8, 4) is 10.6 Å². The highest BCUT2D eigenvalue weighted by molar-refractivity contribution is 7.90. The Balaban J connectivity index is 1.57. The van der Waals surface area contributed by atoms with Crippen molar-refractivity contribution in [3.63, 3.8) is 0 Å². The number of benzene rings is 2. The number of hydrogen-bond donors (Lipinski definition) is 2. The fourth-order valence-corrected chi connectivity index (χ4v) is 5.45. The van der Waals surface area contributed by atoms with Crippen LogP contribution in [0.25, 0.3) is 10.6 Å². The summed E-state index contributed by atoms with van der Waals surface area (Å²) < 4.78 is 36.1. The van der Waals surface area contributed by atoms with Crippen LogP contribution in [0.2, 0.25) is 5.02 Å². The summed E-state index contributed by atoms with van der Waals surface area (Å²) in [6, 6.07) is 14.6. The molecular formula is C22H21ClN4O3S2. The highest BCUT2D eigenvalue weighted by Gasteiger charge is 2.35. The molecule has 0 unspecified atom stereocenters. The second-order valence-electron chi connectivity index (χ2n) is 7.23. The van der Waals surface area contributed by atoms with E-state index in [0.29, 0.717) is 10.6 Å². The third-order valence-corrected chi connectivity index (χ3v) is 7.67. The Morgan fingerprint density at radius 2 is 1.94 bits per heavy atom. The maximum atomic E-state index is 13.0. The van der Waals surface area contributed by atoms with Crippen molar-refractivity contribution in [2.75, 3.05) is 0 Å². The van der Waals surface area contributed by atoms with E-state index in [1.165, 1.54) is 17.4 Å². The number of nitrogens with one attached hydrogen (secondary N) is 2.